The predicted molar refractivity (Wildman–Crippen MR) is 23.9 cm³/mol. The third kappa shape index (κ3) is 4120. The van der Waals surface area contributed by atoms with Gasteiger partial charge in [-0.3, -0.25) is 0 Å². The van der Waals surface area contributed by atoms with Gasteiger partial charge < -0.3 is 42.2 Å². The van der Waals surface area contributed by atoms with Crippen LogP contribution in [-0.4, -0.2) is 37.5 Å². The summed E-state index contributed by atoms with van der Waals surface area (Å²) in [4.78, 5) is 0. The van der Waals surface area contributed by atoms with Crippen molar-refractivity contribution in [2.24, 2.45) is 0 Å². The van der Waals surface area contributed by atoms with Crippen molar-refractivity contribution in [1.82, 2.24) is 0 Å². The summed E-state index contributed by atoms with van der Waals surface area (Å²) in [6.45, 7) is 0. The van der Waals surface area contributed by atoms with Crippen molar-refractivity contribution in [3.63, 3.8) is 0 Å². The monoisotopic (exact) mass is 250 g/mol. The zero-order valence-corrected chi connectivity index (χ0v) is 6.70. The van der Waals surface area contributed by atoms with E-state index in [0.29, 0.717) is 0 Å². The molecule has 0 spiro atoms. The van der Waals surface area contributed by atoms with Crippen molar-refractivity contribution in [2.45, 2.75) is 0 Å². The molecule has 0 bridgehead atoms. The van der Waals surface area contributed by atoms with Gasteiger partial charge in [-0.2, -0.15) is 0 Å². The van der Waals surface area contributed by atoms with E-state index in [-0.39, 0.29) is 49.3 Å². The fourth-order valence-electron chi connectivity index (χ4n) is 0. The van der Waals surface area contributed by atoms with Gasteiger partial charge in [0.2, 0.25) is 0 Å². The van der Waals surface area contributed by atoms with Crippen LogP contribution in [0, 0.1) is 10.8 Å². The van der Waals surface area contributed by atoms with Crippen LogP contribution < -0.4 is 9.32 Å². The topological polar surface area (TPSA) is 255 Å². The van der Waals surface area contributed by atoms with E-state index >= 15 is 0 Å². The van der Waals surface area contributed by atoms with Crippen molar-refractivity contribution in [2.75, 3.05) is 0 Å². The molecule has 0 rings (SSSR count). The van der Waals surface area contributed by atoms with E-state index in [1.165, 1.54) is 0 Å². The molecule has 9 nitrogen and oxygen atoms in total. The second-order valence-electron chi connectivity index (χ2n) is 0.201. The summed E-state index contributed by atoms with van der Waals surface area (Å²) in [7, 11) is -2.60. The van der Waals surface area contributed by atoms with Gasteiger partial charge in [-0.1, -0.05) is 0 Å². The van der Waals surface area contributed by atoms with Crippen LogP contribution in [0.15, 0.2) is 0 Å². The van der Waals surface area contributed by atoms with Crippen molar-refractivity contribution in [1.29, 1.82) is 0 Å². The normalized spacial score (nSPS) is 3.27. The second-order valence-corrected chi connectivity index (χ2v) is 0.603. The maximum atomic E-state index is 8.52. The van der Waals surface area contributed by atoms with Gasteiger partial charge >= 0.3 is 0 Å². The minimum atomic E-state index is -2.60. The van der Waals surface area contributed by atoms with Gasteiger partial charge in [0, 0.05) is 21.2 Å². The first-order valence-corrected chi connectivity index (χ1v) is 1.43. The fourth-order valence-corrected chi connectivity index (χ4v) is 0. The Labute approximate surface area is 74.8 Å². The van der Waals surface area contributed by atoms with Crippen molar-refractivity contribution >= 4 is 0 Å². The summed E-state index contributed by atoms with van der Waals surface area (Å²) in [6, 6.07) is 0. The Bertz CT molecular complexity index is 14.3. The first-order chi connectivity index (χ1) is 1.73. The van der Waals surface area contributed by atoms with Crippen molar-refractivity contribution in [3.05, 3.63) is 0 Å². The van der Waals surface area contributed by atoms with E-state index in [1.807, 2.05) is 0 Å². The Kier molecular flexibility index (Phi) is 760. The maximum Gasteiger partial charge on any atom is 0.282 e. The molecule has 0 unspecified atom stereocenters. The minimum Gasteiger partial charge on any atom is -0.412 e. The summed E-state index contributed by atoms with van der Waals surface area (Å²) in [5.74, 6) is 0. The number of halogens is 1. The average Bonchev–Trinajstić information content (AvgIpc) is 0.811. The van der Waals surface area contributed by atoms with E-state index in [1.54, 1.807) is 0 Å². The predicted octanol–water partition coefficient (Wildman–Crippen LogP) is -7.89. The molecule has 0 aromatic carbocycles. The first-order valence-electron chi connectivity index (χ1n) is 0.478. The molecule has 0 aliphatic carbocycles. The summed E-state index contributed by atoms with van der Waals surface area (Å²) in [5.41, 5.74) is 0. The molecule has 84 valence electrons. The quantitative estimate of drug-likeness (QED) is 0.411. The van der Waals surface area contributed by atoms with E-state index in [9.17, 15) is 0 Å². The van der Waals surface area contributed by atoms with Gasteiger partial charge in [0.1, 0.15) is 0 Å². The summed E-state index contributed by atoms with van der Waals surface area (Å²) < 4.78 is 24.0. The zero-order valence-electron chi connectivity index (χ0n) is 4.96. The molecule has 0 amide bonds. The number of rotatable bonds is 0. The number of hydrogen-bond donors (Lipinski definition) is 1. The van der Waals surface area contributed by atoms with Crippen LogP contribution in [0.4, 0.5) is 0 Å². The number of hydrogen-bond acceptors (Lipinski definition) is 3. The zero-order chi connectivity index (χ0) is 3.58. The van der Waals surface area contributed by atoms with E-state index in [4.69, 9.17) is 14.0 Å². The summed E-state index contributed by atoms with van der Waals surface area (Å²) in [6.07, 6.45) is 0. The van der Waals surface area contributed by atoms with Crippen LogP contribution in [0.1, 0.15) is 0 Å². The molecule has 0 saturated heterocycles. The Morgan fingerprint density at radius 3 is 0.727 bits per heavy atom. The molecule has 11 heteroatoms. The van der Waals surface area contributed by atoms with E-state index in [2.05, 4.69) is 0 Å². The van der Waals surface area contributed by atoms with Crippen LogP contribution in [0.25, 0.3) is 0 Å². The van der Waals surface area contributed by atoms with Gasteiger partial charge in [-0.05, 0) is 0 Å². The first kappa shape index (κ1) is 106. The molecule has 13 N–H and O–H groups in total. The molecule has 0 fully saturated rings. The van der Waals surface area contributed by atoms with Gasteiger partial charge in [-0.15, -0.1) is 0 Å². The Balaban J connectivity index is -0.00000000214. The Hall–Kier alpha value is 0.424. The second kappa shape index (κ2) is 79.0. The molecule has 0 aromatic heterocycles. The average molecular weight is 251 g/mol. The molecule has 0 aromatic rings. The van der Waals surface area contributed by atoms with E-state index in [0.717, 1.165) is 0 Å². The maximum absolute atomic E-state index is 8.52. The summed E-state index contributed by atoms with van der Waals surface area (Å²) >= 11 is 0. The molecular weight excluding hydrogens is 238 g/mol. The summed E-state index contributed by atoms with van der Waals surface area (Å²) in [5, 5.41) is 0. The molecule has 0 aliphatic heterocycles. The van der Waals surface area contributed by atoms with Crippen molar-refractivity contribution in [3.8, 4) is 0 Å². The largest absolute Gasteiger partial charge is 0.412 e. The molecule has 11 heavy (non-hydrogen) atoms. The Morgan fingerprint density at radius 1 is 0.727 bits per heavy atom. The van der Waals surface area contributed by atoms with Crippen molar-refractivity contribution < 1.29 is 74.1 Å². The standard InChI is InChI=1S/ClHO3.Ni.6H2O/c2-1(3)4;;;;;;;/h2H;;6*1H2. The molecule has 0 aliphatic rings. The molecule has 0 radical (unpaired) electrons. The SMILES string of the molecule is O.O.O.O.O.O.[Ni].[O-][Cl+2]([O-])O. The third-order valence-electron chi connectivity index (χ3n) is 0. The molecular formula is H13ClNiO9. The van der Waals surface area contributed by atoms with Crippen LogP contribution in [0.5, 0.6) is 0 Å². The van der Waals surface area contributed by atoms with Crippen LogP contribution in [-0.2, 0) is 16.5 Å². The molecule has 0 heterocycles. The molecule has 0 saturated carbocycles. The smallest absolute Gasteiger partial charge is 0.282 e. The Morgan fingerprint density at radius 2 is 0.727 bits per heavy atom. The third-order valence-corrected chi connectivity index (χ3v) is 0. The fraction of sp³-hybridized carbons (Fsp3) is 0. The van der Waals surface area contributed by atoms with Crippen LogP contribution in [0.3, 0.4) is 0 Å². The van der Waals surface area contributed by atoms with Gasteiger partial charge in [0.25, 0.3) is 10.8 Å². The minimum absolute atomic E-state index is 0. The van der Waals surface area contributed by atoms with E-state index < -0.39 is 10.8 Å². The van der Waals surface area contributed by atoms with Crippen LogP contribution in [0.2, 0.25) is 0 Å². The molecule has 0 atom stereocenters. The van der Waals surface area contributed by atoms with Gasteiger partial charge in [-0.25, -0.2) is 0 Å². The van der Waals surface area contributed by atoms with Gasteiger partial charge in [0.05, 0.1) is 0 Å². The van der Waals surface area contributed by atoms with Crippen LogP contribution >= 0.6 is 0 Å². The van der Waals surface area contributed by atoms with Gasteiger partial charge in [0.15, 0.2) is 0 Å².